The third kappa shape index (κ3) is 1.13. The summed E-state index contributed by atoms with van der Waals surface area (Å²) in [5, 5.41) is 6.46. The van der Waals surface area contributed by atoms with Gasteiger partial charge in [0.1, 0.15) is 0 Å². The largest absolute Gasteiger partial charge is 0.472 e. The van der Waals surface area contributed by atoms with Crippen LogP contribution in [0.2, 0.25) is 0 Å². The van der Waals surface area contributed by atoms with Gasteiger partial charge in [-0.2, -0.15) is 5.10 Å². The van der Waals surface area contributed by atoms with Gasteiger partial charge in [-0.1, -0.05) is 0 Å². The van der Waals surface area contributed by atoms with Gasteiger partial charge in [0.2, 0.25) is 0 Å². The molecule has 3 rings (SSSR count). The van der Waals surface area contributed by atoms with Crippen molar-refractivity contribution < 1.29 is 4.42 Å². The van der Waals surface area contributed by atoms with Crippen LogP contribution in [0.3, 0.4) is 0 Å². The molecular weight excluding hydrogens is 194 g/mol. The number of fused-ring (bicyclic) bond motifs is 1. The van der Waals surface area contributed by atoms with Gasteiger partial charge in [-0.3, -0.25) is 9.79 Å². The molecule has 3 heterocycles. The molecule has 5 heteroatoms. The minimum atomic E-state index is -0.196. The molecule has 0 saturated heterocycles. The summed E-state index contributed by atoms with van der Waals surface area (Å²) in [6, 6.07) is 1.80. The van der Waals surface area contributed by atoms with Gasteiger partial charge < -0.3 is 4.42 Å². The number of furan rings is 1. The number of hydrogen-bond donors (Lipinski definition) is 1. The Morgan fingerprint density at radius 2 is 2.40 bits per heavy atom. The molecule has 2 aromatic rings. The summed E-state index contributed by atoms with van der Waals surface area (Å²) in [5.41, 5.74) is 2.85. The summed E-state index contributed by atoms with van der Waals surface area (Å²) >= 11 is 0. The van der Waals surface area contributed by atoms with Crippen LogP contribution in [0, 0.1) is 0 Å². The predicted molar refractivity (Wildman–Crippen MR) is 53.9 cm³/mol. The van der Waals surface area contributed by atoms with Gasteiger partial charge in [0.15, 0.2) is 0 Å². The fraction of sp³-hybridized carbons (Fsp3) is 0.100. The lowest BCUT2D eigenvalue weighted by molar-refractivity contribution is 0.568. The molecule has 0 fully saturated rings. The van der Waals surface area contributed by atoms with Crippen LogP contribution in [0.1, 0.15) is 11.1 Å². The number of nitrogens with one attached hydrogen (secondary N) is 1. The summed E-state index contributed by atoms with van der Waals surface area (Å²) in [5.74, 6) is 0. The van der Waals surface area contributed by atoms with E-state index >= 15 is 0 Å². The Kier molecular flexibility index (Phi) is 1.58. The van der Waals surface area contributed by atoms with Crippen molar-refractivity contribution in [3.63, 3.8) is 0 Å². The number of hydrogen-bond acceptors (Lipinski definition) is 4. The SMILES string of the molecule is O=c1[nH]nc(-c2ccoc2)c2c1C=NC2. The molecule has 0 unspecified atom stereocenters. The van der Waals surface area contributed by atoms with Crippen LogP contribution < -0.4 is 5.56 Å². The summed E-state index contributed by atoms with van der Waals surface area (Å²) in [6.45, 7) is 0.507. The van der Waals surface area contributed by atoms with Crippen LogP contribution in [0.15, 0.2) is 32.8 Å². The van der Waals surface area contributed by atoms with Gasteiger partial charge >= 0.3 is 0 Å². The van der Waals surface area contributed by atoms with Gasteiger partial charge in [-0.25, -0.2) is 5.10 Å². The fourth-order valence-electron chi connectivity index (χ4n) is 1.66. The molecule has 1 aliphatic rings. The first kappa shape index (κ1) is 8.16. The van der Waals surface area contributed by atoms with Crippen molar-refractivity contribution in [3.05, 3.63) is 40.1 Å². The van der Waals surface area contributed by atoms with Crippen LogP contribution in [0.5, 0.6) is 0 Å². The molecular formula is C10H7N3O2. The van der Waals surface area contributed by atoms with Gasteiger partial charge in [0, 0.05) is 17.3 Å². The zero-order valence-electron chi connectivity index (χ0n) is 7.73. The maximum absolute atomic E-state index is 11.4. The van der Waals surface area contributed by atoms with E-state index in [1.807, 2.05) is 0 Å². The normalized spacial score (nSPS) is 13.1. The van der Waals surface area contributed by atoms with Crippen molar-refractivity contribution in [2.45, 2.75) is 6.54 Å². The average molecular weight is 201 g/mol. The predicted octanol–water partition coefficient (Wildman–Crippen LogP) is 0.962. The number of rotatable bonds is 1. The van der Waals surface area contributed by atoms with Gasteiger partial charge in [-0.05, 0) is 6.07 Å². The van der Waals surface area contributed by atoms with E-state index in [1.165, 1.54) is 0 Å². The van der Waals surface area contributed by atoms with E-state index in [2.05, 4.69) is 15.2 Å². The average Bonchev–Trinajstić information content (AvgIpc) is 2.88. The van der Waals surface area contributed by atoms with Crippen LogP contribution in [0.25, 0.3) is 11.3 Å². The lowest BCUT2D eigenvalue weighted by Gasteiger charge is -2.01. The van der Waals surface area contributed by atoms with Crippen LogP contribution in [-0.2, 0) is 6.54 Å². The first-order chi connectivity index (χ1) is 7.36. The molecule has 1 N–H and O–H groups in total. The summed E-state index contributed by atoms with van der Waals surface area (Å²) in [7, 11) is 0. The fourth-order valence-corrected chi connectivity index (χ4v) is 1.66. The molecule has 74 valence electrons. The lowest BCUT2D eigenvalue weighted by atomic mass is 10.1. The number of nitrogens with zero attached hydrogens (tertiary/aromatic N) is 2. The third-order valence-electron chi connectivity index (χ3n) is 2.39. The minimum absolute atomic E-state index is 0.196. The maximum atomic E-state index is 11.4. The maximum Gasteiger partial charge on any atom is 0.273 e. The minimum Gasteiger partial charge on any atom is -0.472 e. The molecule has 0 saturated carbocycles. The van der Waals surface area contributed by atoms with Gasteiger partial charge in [-0.15, -0.1) is 0 Å². The molecule has 2 aromatic heterocycles. The highest BCUT2D eigenvalue weighted by Gasteiger charge is 2.17. The molecule has 15 heavy (non-hydrogen) atoms. The lowest BCUT2D eigenvalue weighted by Crippen LogP contribution is -2.15. The van der Waals surface area contributed by atoms with Crippen LogP contribution in [0.4, 0.5) is 0 Å². The molecule has 1 aliphatic heterocycles. The van der Waals surface area contributed by atoms with Crippen molar-refractivity contribution in [2.75, 3.05) is 0 Å². The summed E-state index contributed by atoms with van der Waals surface area (Å²) < 4.78 is 4.99. The Balaban J connectivity index is 2.29. The molecule has 0 spiro atoms. The summed E-state index contributed by atoms with van der Waals surface area (Å²) in [6.07, 6.45) is 4.75. The van der Waals surface area contributed by atoms with Crippen molar-refractivity contribution in [1.82, 2.24) is 10.2 Å². The third-order valence-corrected chi connectivity index (χ3v) is 2.39. The van der Waals surface area contributed by atoms with E-state index in [1.54, 1.807) is 24.8 Å². The first-order valence-electron chi connectivity index (χ1n) is 4.50. The summed E-state index contributed by atoms with van der Waals surface area (Å²) in [4.78, 5) is 15.5. The molecule has 0 radical (unpaired) electrons. The van der Waals surface area contributed by atoms with E-state index in [-0.39, 0.29) is 5.56 Å². The monoisotopic (exact) mass is 201 g/mol. The van der Waals surface area contributed by atoms with E-state index in [0.717, 1.165) is 16.8 Å². The molecule has 0 aromatic carbocycles. The van der Waals surface area contributed by atoms with Crippen molar-refractivity contribution >= 4 is 6.21 Å². The molecule has 5 nitrogen and oxygen atoms in total. The number of aromatic amines is 1. The van der Waals surface area contributed by atoms with Crippen molar-refractivity contribution in [1.29, 1.82) is 0 Å². The van der Waals surface area contributed by atoms with Gasteiger partial charge in [0.05, 0.1) is 30.3 Å². The Morgan fingerprint density at radius 1 is 1.47 bits per heavy atom. The Hall–Kier alpha value is -2.17. The highest BCUT2D eigenvalue weighted by atomic mass is 16.3. The second-order valence-electron chi connectivity index (χ2n) is 3.28. The second-order valence-corrected chi connectivity index (χ2v) is 3.28. The zero-order chi connectivity index (χ0) is 10.3. The van der Waals surface area contributed by atoms with E-state index in [0.29, 0.717) is 12.1 Å². The Morgan fingerprint density at radius 3 is 3.20 bits per heavy atom. The molecule has 0 aliphatic carbocycles. The highest BCUT2D eigenvalue weighted by molar-refractivity contribution is 5.86. The standard InChI is InChI=1S/C10H7N3O2/c14-10-8-4-11-3-7(8)9(12-13-10)6-1-2-15-5-6/h1-2,4-5H,3H2,(H,13,14). The van der Waals surface area contributed by atoms with Gasteiger partial charge in [0.25, 0.3) is 5.56 Å². The van der Waals surface area contributed by atoms with Crippen molar-refractivity contribution in [2.24, 2.45) is 4.99 Å². The van der Waals surface area contributed by atoms with E-state index < -0.39 is 0 Å². The zero-order valence-corrected chi connectivity index (χ0v) is 7.73. The number of aliphatic imine (C=N–C) groups is 1. The number of H-pyrrole nitrogens is 1. The van der Waals surface area contributed by atoms with Crippen LogP contribution in [-0.4, -0.2) is 16.4 Å². The Labute approximate surface area is 84.5 Å². The number of aromatic nitrogens is 2. The van der Waals surface area contributed by atoms with E-state index in [4.69, 9.17) is 4.42 Å². The van der Waals surface area contributed by atoms with Crippen molar-refractivity contribution in [3.8, 4) is 11.3 Å². The second kappa shape index (κ2) is 2.91. The quantitative estimate of drug-likeness (QED) is 0.747. The Bertz CT molecular complexity index is 581. The molecule has 0 bridgehead atoms. The first-order valence-corrected chi connectivity index (χ1v) is 4.50. The van der Waals surface area contributed by atoms with E-state index in [9.17, 15) is 4.79 Å². The topological polar surface area (TPSA) is 71.2 Å². The highest BCUT2D eigenvalue weighted by Crippen LogP contribution is 2.24. The molecule has 0 amide bonds. The molecule has 0 atom stereocenters. The van der Waals surface area contributed by atoms with Crippen LogP contribution >= 0.6 is 0 Å². The smallest absolute Gasteiger partial charge is 0.273 e.